The quantitative estimate of drug-likeness (QED) is 0.0695. The van der Waals surface area contributed by atoms with Crippen molar-refractivity contribution in [2.24, 2.45) is 11.3 Å². The maximum absolute atomic E-state index is 13.4. The van der Waals surface area contributed by atoms with Crippen molar-refractivity contribution >= 4 is 35.1 Å². The fourth-order valence-electron chi connectivity index (χ4n) is 4.61. The van der Waals surface area contributed by atoms with Crippen molar-refractivity contribution < 1.29 is 34.3 Å². The van der Waals surface area contributed by atoms with Crippen molar-refractivity contribution in [3.05, 3.63) is 94.4 Å². The van der Waals surface area contributed by atoms with E-state index in [2.05, 4.69) is 21.3 Å². The summed E-state index contributed by atoms with van der Waals surface area (Å²) in [6.45, 7) is 9.47. The van der Waals surface area contributed by atoms with Gasteiger partial charge in [-0.1, -0.05) is 77.1 Å². The van der Waals surface area contributed by atoms with Gasteiger partial charge >= 0.3 is 11.9 Å². The molecule has 47 heavy (non-hydrogen) atoms. The number of benzene rings is 2. The van der Waals surface area contributed by atoms with Crippen LogP contribution in [0, 0.1) is 21.4 Å². The number of aliphatic carboxylic acids is 2. The summed E-state index contributed by atoms with van der Waals surface area (Å²) in [4.78, 5) is 59.9. The van der Waals surface area contributed by atoms with Crippen molar-refractivity contribution in [1.29, 1.82) is 0 Å². The molecule has 254 valence electrons. The van der Waals surface area contributed by atoms with Crippen molar-refractivity contribution in [3.8, 4) is 0 Å². The molecule has 13 heteroatoms. The molecule has 0 aliphatic carbocycles. The van der Waals surface area contributed by atoms with Crippen LogP contribution in [0.5, 0.6) is 0 Å². The Balaban J connectivity index is 2.12. The molecular weight excluding hydrogens is 606 g/mol. The Morgan fingerprint density at radius 3 is 1.81 bits per heavy atom. The minimum absolute atomic E-state index is 0.0543. The third-order valence-electron chi connectivity index (χ3n) is 6.75. The first kappa shape index (κ1) is 38.0. The fourth-order valence-corrected chi connectivity index (χ4v) is 4.61. The summed E-state index contributed by atoms with van der Waals surface area (Å²) in [7, 11) is 0. The number of hydrogen-bond acceptors (Lipinski definition) is 8. The number of carbonyl (C=O) groups excluding carboxylic acids is 2. The van der Waals surface area contributed by atoms with Gasteiger partial charge in [-0.05, 0) is 60.4 Å². The lowest BCUT2D eigenvalue weighted by molar-refractivity contribution is -0.403. The molecule has 13 nitrogen and oxygen atoms in total. The third kappa shape index (κ3) is 14.6. The van der Waals surface area contributed by atoms with Crippen LogP contribution in [0.3, 0.4) is 0 Å². The van der Waals surface area contributed by atoms with Gasteiger partial charge in [0.05, 0.1) is 10.8 Å². The average molecular weight is 652 g/mol. The zero-order valence-corrected chi connectivity index (χ0v) is 27.4. The predicted octanol–water partition coefficient (Wildman–Crippen LogP) is 5.33. The number of carboxylic acids is 2. The monoisotopic (exact) mass is 651 g/mol. The molecule has 2 aromatic carbocycles. The van der Waals surface area contributed by atoms with Crippen LogP contribution in [-0.2, 0) is 19.2 Å². The molecular formula is C34H45N5O8. The normalized spacial score (nSPS) is 13.8. The molecule has 0 saturated carbocycles. The van der Waals surface area contributed by atoms with Gasteiger partial charge in [-0.15, -0.1) is 0 Å². The summed E-state index contributed by atoms with van der Waals surface area (Å²) in [5.41, 5.74) is 1.48. The summed E-state index contributed by atoms with van der Waals surface area (Å²) >= 11 is 0. The van der Waals surface area contributed by atoms with Gasteiger partial charge in [0.15, 0.2) is 5.82 Å². The summed E-state index contributed by atoms with van der Waals surface area (Å²) in [5, 5.41) is 41.5. The van der Waals surface area contributed by atoms with Gasteiger partial charge in [0, 0.05) is 17.8 Å². The molecule has 3 unspecified atom stereocenters. The van der Waals surface area contributed by atoms with E-state index in [-0.39, 0.29) is 36.4 Å². The second-order valence-corrected chi connectivity index (χ2v) is 12.8. The van der Waals surface area contributed by atoms with E-state index in [1.165, 1.54) is 12.2 Å². The molecule has 2 aromatic rings. The van der Waals surface area contributed by atoms with Gasteiger partial charge in [0.1, 0.15) is 12.1 Å². The minimum atomic E-state index is -1.27. The number of carboxylic acid groups (broad SMARTS) is 2. The molecule has 0 heterocycles. The number of carbonyl (C=O) groups is 4. The van der Waals surface area contributed by atoms with Crippen LogP contribution < -0.4 is 21.3 Å². The molecule has 0 saturated heterocycles. The zero-order chi connectivity index (χ0) is 35.1. The minimum Gasteiger partial charge on any atom is -0.480 e. The highest BCUT2D eigenvalue weighted by atomic mass is 16.6. The maximum Gasteiger partial charge on any atom is 0.326 e. The average Bonchev–Trinajstić information content (AvgIpc) is 2.96. The van der Waals surface area contributed by atoms with E-state index in [1.807, 2.05) is 40.7 Å². The van der Waals surface area contributed by atoms with Crippen molar-refractivity contribution in [2.45, 2.75) is 78.3 Å². The molecule has 3 atom stereocenters. The van der Waals surface area contributed by atoms with Crippen molar-refractivity contribution in [3.63, 3.8) is 0 Å². The molecule has 0 fully saturated rings. The van der Waals surface area contributed by atoms with E-state index in [9.17, 15) is 39.5 Å². The first-order valence-electron chi connectivity index (χ1n) is 15.3. The fraction of sp³-hybridized carbons (Fsp3) is 0.412. The van der Waals surface area contributed by atoms with Crippen LogP contribution in [0.4, 0.5) is 11.4 Å². The van der Waals surface area contributed by atoms with Crippen molar-refractivity contribution in [2.75, 3.05) is 10.6 Å². The summed E-state index contributed by atoms with van der Waals surface area (Å²) in [6, 6.07) is 13.2. The molecule has 2 rings (SSSR count). The van der Waals surface area contributed by atoms with E-state index in [0.717, 1.165) is 6.20 Å². The molecule has 0 bridgehead atoms. The third-order valence-corrected chi connectivity index (χ3v) is 6.75. The Morgan fingerprint density at radius 2 is 1.34 bits per heavy atom. The molecule has 0 aliphatic heterocycles. The Labute approximate surface area is 274 Å². The molecule has 0 aromatic heterocycles. The highest BCUT2D eigenvalue weighted by Crippen LogP contribution is 2.26. The highest BCUT2D eigenvalue weighted by Gasteiger charge is 2.27. The number of rotatable bonds is 18. The van der Waals surface area contributed by atoms with Crippen LogP contribution in [0.25, 0.3) is 0 Å². The van der Waals surface area contributed by atoms with Crippen molar-refractivity contribution in [1.82, 2.24) is 10.6 Å². The number of nitro groups is 1. The van der Waals surface area contributed by atoms with Crippen LogP contribution in [0.15, 0.2) is 78.8 Å². The summed E-state index contributed by atoms with van der Waals surface area (Å²) < 4.78 is 0. The molecule has 0 radical (unpaired) electrons. The summed E-state index contributed by atoms with van der Waals surface area (Å²) in [6.07, 6.45) is 4.18. The highest BCUT2D eigenvalue weighted by molar-refractivity contribution is 5.88. The lowest BCUT2D eigenvalue weighted by Crippen LogP contribution is -2.43. The molecule has 2 amide bonds. The number of amides is 2. The number of nitrogens with zero attached hydrogens (tertiary/aromatic N) is 1. The van der Waals surface area contributed by atoms with E-state index in [0.29, 0.717) is 23.4 Å². The van der Waals surface area contributed by atoms with E-state index >= 15 is 0 Å². The van der Waals surface area contributed by atoms with Gasteiger partial charge in [-0.3, -0.25) is 19.7 Å². The van der Waals surface area contributed by atoms with Crippen LogP contribution in [0.1, 0.15) is 71.8 Å². The number of nitrogens with one attached hydrogen (secondary N) is 4. The smallest absolute Gasteiger partial charge is 0.326 e. The molecule has 0 aliphatic rings. The van der Waals surface area contributed by atoms with E-state index < -0.39 is 46.7 Å². The van der Waals surface area contributed by atoms with Crippen LogP contribution in [0.2, 0.25) is 0 Å². The predicted molar refractivity (Wildman–Crippen MR) is 179 cm³/mol. The van der Waals surface area contributed by atoms with Gasteiger partial charge in [-0.2, -0.15) is 0 Å². The van der Waals surface area contributed by atoms with Gasteiger partial charge in [0.2, 0.25) is 11.8 Å². The Morgan fingerprint density at radius 1 is 0.830 bits per heavy atom. The zero-order valence-electron chi connectivity index (χ0n) is 27.4. The van der Waals surface area contributed by atoms with E-state index in [4.69, 9.17) is 0 Å². The Bertz CT molecular complexity index is 1430. The summed E-state index contributed by atoms with van der Waals surface area (Å²) in [5.74, 6) is -3.81. The largest absolute Gasteiger partial charge is 0.480 e. The second kappa shape index (κ2) is 18.1. The molecule has 6 N–H and O–H groups in total. The van der Waals surface area contributed by atoms with Crippen LogP contribution in [-0.4, -0.2) is 51.0 Å². The van der Waals surface area contributed by atoms with Crippen LogP contribution >= 0.6 is 0 Å². The van der Waals surface area contributed by atoms with Gasteiger partial charge < -0.3 is 31.5 Å². The standard InChI is InChI=1S/C34H45N5O8/c1-22(2)19-26(23-15-17-25(18-16-23)36-29(21-39(46)47)35-24-11-7-6-8-12-24)31(41)38-28(33(44)45)14-10-9-13-27(32(42)43)37-30(40)20-34(3,4)5/h6-12,15-18,21-22,26-28,35-36H,13-14,19-20H2,1-5H3,(H,37,40)(H,38,41)(H,42,43)(H,44,45). The second-order valence-electron chi connectivity index (χ2n) is 12.8. The maximum atomic E-state index is 13.4. The SMILES string of the molecule is CC(C)CC(C(=O)NC(CC=CCC(NC(=O)CC(C)(C)C)C(=O)O)C(=O)O)c1ccc(NC(=C[N+](=O)[O-])Nc2ccccc2)cc1. The molecule has 0 spiro atoms. The first-order chi connectivity index (χ1) is 22.0. The Hall–Kier alpha value is -5.20. The van der Waals surface area contributed by atoms with E-state index in [1.54, 1.807) is 48.5 Å². The lowest BCUT2D eigenvalue weighted by Gasteiger charge is -2.22. The Kier molecular flexibility index (Phi) is 14.6. The number of para-hydroxylation sites is 1. The first-order valence-corrected chi connectivity index (χ1v) is 15.3. The number of anilines is 2. The van der Waals surface area contributed by atoms with Gasteiger partial charge in [0.25, 0.3) is 6.20 Å². The van der Waals surface area contributed by atoms with Gasteiger partial charge in [-0.25, -0.2) is 9.59 Å². The number of hydrogen-bond donors (Lipinski definition) is 6. The lowest BCUT2D eigenvalue weighted by atomic mass is 9.89. The topological polar surface area (TPSA) is 200 Å².